The summed E-state index contributed by atoms with van der Waals surface area (Å²) in [7, 11) is 0. The predicted molar refractivity (Wildman–Crippen MR) is 102 cm³/mol. The molecule has 3 rings (SSSR count). The molecule has 0 spiro atoms. The van der Waals surface area contributed by atoms with Gasteiger partial charge in [0.05, 0.1) is 9.95 Å². The maximum Gasteiger partial charge on any atom is 0.374 e. The highest BCUT2D eigenvalue weighted by Gasteiger charge is 2.18. The molecule has 1 heterocycles. The highest BCUT2D eigenvalue weighted by atomic mass is 35.5. The van der Waals surface area contributed by atoms with Crippen LogP contribution in [-0.4, -0.2) is 23.3 Å². The molecule has 0 bridgehead atoms. The molecular formula is C19H11Cl2NO6. The monoisotopic (exact) mass is 419 g/mol. The van der Waals surface area contributed by atoms with Crippen molar-refractivity contribution in [1.82, 2.24) is 0 Å². The topological polar surface area (TPSA) is 99.7 Å². The maximum absolute atomic E-state index is 12.1. The first kappa shape index (κ1) is 19.6. The number of hydrogen-bond donors (Lipinski definition) is 0. The number of carbonyl (C=O) groups is 2. The fraction of sp³-hybridized carbons (Fsp3) is 0.0526. The average Bonchev–Trinajstić information content (AvgIpc) is 3.18. The summed E-state index contributed by atoms with van der Waals surface area (Å²) in [6.07, 6.45) is 0. The van der Waals surface area contributed by atoms with Gasteiger partial charge in [0.25, 0.3) is 5.69 Å². The molecule has 0 aliphatic heterocycles. The summed E-state index contributed by atoms with van der Waals surface area (Å²) in [5.74, 6) is -1.13. The molecular weight excluding hydrogens is 409 g/mol. The van der Waals surface area contributed by atoms with Crippen molar-refractivity contribution in [3.05, 3.63) is 86.1 Å². The van der Waals surface area contributed by atoms with Crippen molar-refractivity contribution in [3.63, 3.8) is 0 Å². The third-order valence-corrected chi connectivity index (χ3v) is 4.30. The Bertz CT molecular complexity index is 1060. The molecule has 0 aliphatic rings. The van der Waals surface area contributed by atoms with Gasteiger partial charge in [0, 0.05) is 28.3 Å². The summed E-state index contributed by atoms with van der Waals surface area (Å²) in [6.45, 7) is -0.537. The Labute approximate surface area is 168 Å². The second-order valence-corrected chi connectivity index (χ2v) is 6.43. The van der Waals surface area contributed by atoms with Gasteiger partial charge in [-0.05, 0) is 42.5 Å². The lowest BCUT2D eigenvalue weighted by Gasteiger charge is -2.03. The number of Topliss-reactive ketones (excluding diaryl/α,β-unsaturated/α-hetero) is 1. The predicted octanol–water partition coefficient (Wildman–Crippen LogP) is 5.20. The van der Waals surface area contributed by atoms with E-state index in [1.54, 1.807) is 18.2 Å². The van der Waals surface area contributed by atoms with E-state index < -0.39 is 23.3 Å². The average molecular weight is 420 g/mol. The standard InChI is InChI=1S/C19H11Cl2NO6/c20-12-3-6-15(21)14(9-12)17-7-8-18(28-17)19(24)27-10-16(23)11-1-4-13(5-2-11)22(25)26/h1-9H,10H2. The Hall–Kier alpha value is -3.16. The zero-order valence-electron chi connectivity index (χ0n) is 14.1. The van der Waals surface area contributed by atoms with Crippen LogP contribution in [0.15, 0.2) is 59.0 Å². The van der Waals surface area contributed by atoms with Gasteiger partial charge in [-0.25, -0.2) is 4.79 Å². The first-order chi connectivity index (χ1) is 13.3. The van der Waals surface area contributed by atoms with E-state index in [2.05, 4.69) is 0 Å². The van der Waals surface area contributed by atoms with Crippen LogP contribution in [0.4, 0.5) is 5.69 Å². The zero-order chi connectivity index (χ0) is 20.3. The third kappa shape index (κ3) is 4.39. The van der Waals surface area contributed by atoms with Crippen molar-refractivity contribution in [2.45, 2.75) is 0 Å². The van der Waals surface area contributed by atoms with E-state index in [1.807, 2.05) is 0 Å². The number of rotatable bonds is 6. The number of nitrogens with zero attached hydrogens (tertiary/aromatic N) is 1. The molecule has 7 nitrogen and oxygen atoms in total. The van der Waals surface area contributed by atoms with Gasteiger partial charge in [-0.2, -0.15) is 0 Å². The molecule has 0 amide bonds. The first-order valence-corrected chi connectivity index (χ1v) is 8.61. The minimum absolute atomic E-state index is 0.109. The Balaban J connectivity index is 1.65. The molecule has 0 fully saturated rings. The summed E-state index contributed by atoms with van der Waals surface area (Å²) in [5.41, 5.74) is 0.552. The highest BCUT2D eigenvalue weighted by Crippen LogP contribution is 2.32. The van der Waals surface area contributed by atoms with Crippen molar-refractivity contribution in [1.29, 1.82) is 0 Å². The maximum atomic E-state index is 12.1. The molecule has 2 aromatic carbocycles. The lowest BCUT2D eigenvalue weighted by molar-refractivity contribution is -0.384. The van der Waals surface area contributed by atoms with Crippen molar-refractivity contribution in [2.24, 2.45) is 0 Å². The number of halogens is 2. The largest absolute Gasteiger partial charge is 0.451 e. The number of ether oxygens (including phenoxy) is 1. The number of furan rings is 1. The minimum Gasteiger partial charge on any atom is -0.451 e. The van der Waals surface area contributed by atoms with Gasteiger partial charge < -0.3 is 9.15 Å². The van der Waals surface area contributed by atoms with Crippen LogP contribution in [0.1, 0.15) is 20.9 Å². The second kappa shape index (κ2) is 8.24. The summed E-state index contributed by atoms with van der Waals surface area (Å²) in [5, 5.41) is 11.5. The van der Waals surface area contributed by atoms with E-state index in [4.69, 9.17) is 32.4 Å². The molecule has 1 aromatic heterocycles. The van der Waals surface area contributed by atoms with Crippen molar-refractivity contribution in [3.8, 4) is 11.3 Å². The number of hydrogen-bond acceptors (Lipinski definition) is 6. The van der Waals surface area contributed by atoms with Crippen LogP contribution in [0.3, 0.4) is 0 Å². The normalized spacial score (nSPS) is 10.5. The SMILES string of the molecule is O=C(COC(=O)c1ccc(-c2cc(Cl)ccc2Cl)o1)c1ccc([N+](=O)[O-])cc1. The van der Waals surface area contributed by atoms with Crippen LogP contribution in [0.5, 0.6) is 0 Å². The molecule has 0 atom stereocenters. The summed E-state index contributed by atoms with van der Waals surface area (Å²) >= 11 is 12.0. The number of nitro benzene ring substituents is 1. The fourth-order valence-electron chi connectivity index (χ4n) is 2.33. The number of esters is 1. The Morgan fingerprint density at radius 1 is 1.04 bits per heavy atom. The van der Waals surface area contributed by atoms with E-state index in [1.165, 1.54) is 36.4 Å². The smallest absolute Gasteiger partial charge is 0.374 e. The molecule has 0 radical (unpaired) electrons. The molecule has 9 heteroatoms. The van der Waals surface area contributed by atoms with E-state index in [0.717, 1.165) is 0 Å². The molecule has 142 valence electrons. The van der Waals surface area contributed by atoms with E-state index in [0.29, 0.717) is 21.4 Å². The van der Waals surface area contributed by atoms with E-state index >= 15 is 0 Å². The number of ketones is 1. The number of non-ortho nitro benzene ring substituents is 1. The first-order valence-electron chi connectivity index (χ1n) is 7.85. The van der Waals surface area contributed by atoms with Crippen molar-refractivity contribution >= 4 is 40.6 Å². The van der Waals surface area contributed by atoms with Crippen LogP contribution in [0.25, 0.3) is 11.3 Å². The van der Waals surface area contributed by atoms with Crippen LogP contribution in [-0.2, 0) is 4.74 Å². The van der Waals surface area contributed by atoms with Crippen LogP contribution in [0, 0.1) is 10.1 Å². The van der Waals surface area contributed by atoms with Crippen LogP contribution in [0.2, 0.25) is 10.0 Å². The Morgan fingerprint density at radius 2 is 1.75 bits per heavy atom. The summed E-state index contributed by atoms with van der Waals surface area (Å²) in [6, 6.07) is 12.7. The molecule has 0 saturated carbocycles. The van der Waals surface area contributed by atoms with E-state index in [9.17, 15) is 19.7 Å². The van der Waals surface area contributed by atoms with Crippen molar-refractivity contribution in [2.75, 3.05) is 6.61 Å². The number of carbonyl (C=O) groups excluding carboxylic acids is 2. The molecule has 3 aromatic rings. The second-order valence-electron chi connectivity index (χ2n) is 5.59. The minimum atomic E-state index is -0.834. The van der Waals surface area contributed by atoms with Crippen LogP contribution >= 0.6 is 23.2 Å². The van der Waals surface area contributed by atoms with Gasteiger partial charge >= 0.3 is 5.97 Å². The fourth-order valence-corrected chi connectivity index (χ4v) is 2.72. The van der Waals surface area contributed by atoms with Gasteiger partial charge in [0.2, 0.25) is 5.76 Å². The lowest BCUT2D eigenvalue weighted by Crippen LogP contribution is -2.13. The van der Waals surface area contributed by atoms with Gasteiger partial charge in [-0.3, -0.25) is 14.9 Å². The molecule has 0 unspecified atom stereocenters. The highest BCUT2D eigenvalue weighted by molar-refractivity contribution is 6.35. The van der Waals surface area contributed by atoms with Crippen LogP contribution < -0.4 is 0 Å². The third-order valence-electron chi connectivity index (χ3n) is 3.74. The van der Waals surface area contributed by atoms with Gasteiger partial charge in [-0.1, -0.05) is 23.2 Å². The molecule has 0 saturated heterocycles. The molecule has 28 heavy (non-hydrogen) atoms. The molecule has 0 aliphatic carbocycles. The Kier molecular flexibility index (Phi) is 5.77. The van der Waals surface area contributed by atoms with Gasteiger partial charge in [-0.15, -0.1) is 0 Å². The number of nitro groups is 1. The summed E-state index contributed by atoms with van der Waals surface area (Å²) < 4.78 is 10.4. The Morgan fingerprint density at radius 3 is 2.43 bits per heavy atom. The summed E-state index contributed by atoms with van der Waals surface area (Å²) in [4.78, 5) is 34.2. The zero-order valence-corrected chi connectivity index (χ0v) is 15.6. The van der Waals surface area contributed by atoms with E-state index in [-0.39, 0.29) is 17.0 Å². The molecule has 0 N–H and O–H groups in total. The lowest BCUT2D eigenvalue weighted by atomic mass is 10.1. The van der Waals surface area contributed by atoms with Gasteiger partial charge in [0.15, 0.2) is 12.4 Å². The quantitative estimate of drug-likeness (QED) is 0.235. The number of benzene rings is 2. The van der Waals surface area contributed by atoms with Gasteiger partial charge in [0.1, 0.15) is 5.76 Å². The van der Waals surface area contributed by atoms with Crippen molar-refractivity contribution < 1.29 is 23.7 Å².